The van der Waals surface area contributed by atoms with E-state index < -0.39 is 0 Å². The van der Waals surface area contributed by atoms with Gasteiger partial charge < -0.3 is 15.4 Å². The summed E-state index contributed by atoms with van der Waals surface area (Å²) >= 11 is 0. The number of hydrogen-bond acceptors (Lipinski definition) is 3. The van der Waals surface area contributed by atoms with Crippen molar-refractivity contribution in [3.05, 3.63) is 18.2 Å². The lowest BCUT2D eigenvalue weighted by Crippen LogP contribution is -2.22. The highest BCUT2D eigenvalue weighted by Gasteiger charge is 2.29. The van der Waals surface area contributed by atoms with Crippen LogP contribution in [-0.2, 0) is 0 Å². The number of anilines is 2. The molecule has 3 nitrogen and oxygen atoms in total. The van der Waals surface area contributed by atoms with Gasteiger partial charge in [-0.2, -0.15) is 0 Å². The second kappa shape index (κ2) is 4.71. The Labute approximate surface area is 110 Å². The predicted octanol–water partition coefficient (Wildman–Crippen LogP) is 3.29. The van der Waals surface area contributed by atoms with E-state index in [1.54, 1.807) is 0 Å². The second-order valence-corrected chi connectivity index (χ2v) is 6.26. The van der Waals surface area contributed by atoms with Crippen molar-refractivity contribution in [3.63, 3.8) is 0 Å². The summed E-state index contributed by atoms with van der Waals surface area (Å²) in [6, 6.07) is 6.02. The molecule has 0 aromatic heterocycles. The third kappa shape index (κ3) is 3.09. The summed E-state index contributed by atoms with van der Waals surface area (Å²) in [6.07, 6.45) is 1.40. The van der Waals surface area contributed by atoms with Gasteiger partial charge in [-0.25, -0.2) is 0 Å². The Morgan fingerprint density at radius 2 is 2.00 bits per heavy atom. The average molecular weight is 248 g/mol. The minimum Gasteiger partial charge on any atom is -0.491 e. The number of ether oxygens (including phenoxy) is 1. The second-order valence-electron chi connectivity index (χ2n) is 6.26. The van der Waals surface area contributed by atoms with Gasteiger partial charge >= 0.3 is 0 Å². The molecule has 1 fully saturated rings. The van der Waals surface area contributed by atoms with E-state index in [9.17, 15) is 0 Å². The average Bonchev–Trinajstić information content (AvgIpc) is 2.57. The fourth-order valence-electron chi connectivity index (χ4n) is 2.46. The van der Waals surface area contributed by atoms with Crippen molar-refractivity contribution in [1.82, 2.24) is 0 Å². The van der Waals surface area contributed by atoms with Crippen molar-refractivity contribution < 1.29 is 4.74 Å². The van der Waals surface area contributed by atoms with Gasteiger partial charge in [0.25, 0.3) is 0 Å². The Bertz CT molecular complexity index is 427. The summed E-state index contributed by atoms with van der Waals surface area (Å²) in [5.41, 5.74) is 8.30. The third-order valence-electron chi connectivity index (χ3n) is 3.33. The Balaban J connectivity index is 2.20. The first-order valence-electron chi connectivity index (χ1n) is 6.68. The maximum absolute atomic E-state index is 5.96. The van der Waals surface area contributed by atoms with Crippen LogP contribution in [0.2, 0.25) is 0 Å². The van der Waals surface area contributed by atoms with Crippen LogP contribution in [0.1, 0.15) is 34.1 Å². The van der Waals surface area contributed by atoms with Crippen molar-refractivity contribution >= 4 is 11.4 Å². The van der Waals surface area contributed by atoms with E-state index in [-0.39, 0.29) is 6.10 Å². The van der Waals surface area contributed by atoms with Crippen LogP contribution in [0.5, 0.6) is 5.75 Å². The van der Waals surface area contributed by atoms with Crippen LogP contribution < -0.4 is 15.4 Å². The van der Waals surface area contributed by atoms with E-state index in [0.717, 1.165) is 24.5 Å². The highest BCUT2D eigenvalue weighted by atomic mass is 16.5. The number of nitrogens with two attached hydrogens (primary N) is 1. The fourth-order valence-corrected chi connectivity index (χ4v) is 2.46. The first-order valence-corrected chi connectivity index (χ1v) is 6.68. The lowest BCUT2D eigenvalue weighted by molar-refractivity contribution is 0.242. The Hall–Kier alpha value is -1.38. The number of nitrogens with zero attached hydrogens (tertiary/aromatic N) is 1. The molecule has 2 rings (SSSR count). The summed E-state index contributed by atoms with van der Waals surface area (Å²) in [4.78, 5) is 2.39. The third-order valence-corrected chi connectivity index (χ3v) is 3.33. The molecule has 0 radical (unpaired) electrons. The molecule has 1 aliphatic heterocycles. The molecule has 1 aliphatic rings. The van der Waals surface area contributed by atoms with Crippen molar-refractivity contribution in [1.29, 1.82) is 0 Å². The van der Waals surface area contributed by atoms with Gasteiger partial charge in [-0.05, 0) is 31.7 Å². The van der Waals surface area contributed by atoms with Crippen molar-refractivity contribution in [2.24, 2.45) is 5.41 Å². The summed E-state index contributed by atoms with van der Waals surface area (Å²) in [5, 5.41) is 0. The quantitative estimate of drug-likeness (QED) is 0.834. The lowest BCUT2D eigenvalue weighted by Gasteiger charge is -2.23. The molecule has 0 atom stereocenters. The monoisotopic (exact) mass is 248 g/mol. The molecule has 18 heavy (non-hydrogen) atoms. The smallest absolute Gasteiger partial charge is 0.123 e. The van der Waals surface area contributed by atoms with E-state index >= 15 is 0 Å². The number of nitrogen functional groups attached to an aromatic ring is 1. The zero-order valence-corrected chi connectivity index (χ0v) is 11.9. The van der Waals surface area contributed by atoms with Crippen LogP contribution in [0, 0.1) is 5.41 Å². The van der Waals surface area contributed by atoms with Crippen LogP contribution >= 0.6 is 0 Å². The summed E-state index contributed by atoms with van der Waals surface area (Å²) in [5.74, 6) is 0.865. The SMILES string of the molecule is CC(C)Oc1cc(N)cc(N2CCC(C)(C)C2)c1. The van der Waals surface area contributed by atoms with Crippen LogP contribution in [0.3, 0.4) is 0 Å². The van der Waals surface area contributed by atoms with E-state index in [4.69, 9.17) is 10.5 Å². The van der Waals surface area contributed by atoms with E-state index in [0.29, 0.717) is 5.41 Å². The van der Waals surface area contributed by atoms with Crippen molar-refractivity contribution in [2.75, 3.05) is 23.7 Å². The maximum atomic E-state index is 5.96. The highest BCUT2D eigenvalue weighted by molar-refractivity contribution is 5.61. The molecule has 3 heteroatoms. The Morgan fingerprint density at radius 3 is 2.56 bits per heavy atom. The predicted molar refractivity (Wildman–Crippen MR) is 77.2 cm³/mol. The summed E-state index contributed by atoms with van der Waals surface area (Å²) in [6.45, 7) is 10.9. The van der Waals surface area contributed by atoms with Gasteiger partial charge in [0.05, 0.1) is 6.10 Å². The molecule has 1 heterocycles. The largest absolute Gasteiger partial charge is 0.491 e. The van der Waals surface area contributed by atoms with E-state index in [1.165, 1.54) is 12.1 Å². The van der Waals surface area contributed by atoms with Gasteiger partial charge in [0.1, 0.15) is 5.75 Å². The molecule has 1 aromatic rings. The molecule has 0 spiro atoms. The molecule has 1 saturated heterocycles. The first kappa shape index (κ1) is 13.1. The number of benzene rings is 1. The zero-order chi connectivity index (χ0) is 13.3. The van der Waals surface area contributed by atoms with Gasteiger partial charge in [-0.15, -0.1) is 0 Å². The van der Waals surface area contributed by atoms with Crippen LogP contribution in [0.4, 0.5) is 11.4 Å². The molecule has 0 aliphatic carbocycles. The van der Waals surface area contributed by atoms with Gasteiger partial charge in [-0.3, -0.25) is 0 Å². The van der Waals surface area contributed by atoms with Crippen LogP contribution in [0.15, 0.2) is 18.2 Å². The van der Waals surface area contributed by atoms with Gasteiger partial charge in [0.2, 0.25) is 0 Å². The standard InChI is InChI=1S/C15H24N2O/c1-11(2)18-14-8-12(16)7-13(9-14)17-6-5-15(3,4)10-17/h7-9,11H,5-6,10,16H2,1-4H3. The molecule has 0 saturated carbocycles. The normalized spacial score (nSPS) is 18.4. The minimum absolute atomic E-state index is 0.176. The van der Waals surface area contributed by atoms with Crippen molar-refractivity contribution in [2.45, 2.75) is 40.2 Å². The van der Waals surface area contributed by atoms with Gasteiger partial charge in [0.15, 0.2) is 0 Å². The highest BCUT2D eigenvalue weighted by Crippen LogP contribution is 2.35. The number of rotatable bonds is 3. The first-order chi connectivity index (χ1) is 8.35. The Kier molecular flexibility index (Phi) is 3.42. The molecule has 0 amide bonds. The topological polar surface area (TPSA) is 38.5 Å². The van der Waals surface area contributed by atoms with Crippen LogP contribution in [-0.4, -0.2) is 19.2 Å². The molecule has 100 valence electrons. The van der Waals surface area contributed by atoms with Gasteiger partial charge in [-0.1, -0.05) is 13.8 Å². The summed E-state index contributed by atoms with van der Waals surface area (Å²) < 4.78 is 5.74. The molecular formula is C15H24N2O. The molecule has 2 N–H and O–H groups in total. The minimum atomic E-state index is 0.176. The van der Waals surface area contributed by atoms with Crippen LogP contribution in [0.25, 0.3) is 0 Å². The van der Waals surface area contributed by atoms with Gasteiger partial charge in [0, 0.05) is 36.6 Å². The molecular weight excluding hydrogens is 224 g/mol. The molecule has 1 aromatic carbocycles. The number of hydrogen-bond donors (Lipinski definition) is 1. The Morgan fingerprint density at radius 1 is 1.28 bits per heavy atom. The fraction of sp³-hybridized carbons (Fsp3) is 0.600. The maximum Gasteiger partial charge on any atom is 0.123 e. The zero-order valence-electron chi connectivity index (χ0n) is 11.9. The van der Waals surface area contributed by atoms with E-state index in [1.807, 2.05) is 26.0 Å². The summed E-state index contributed by atoms with van der Waals surface area (Å²) in [7, 11) is 0. The van der Waals surface area contributed by atoms with E-state index in [2.05, 4.69) is 24.8 Å². The van der Waals surface area contributed by atoms with Crippen molar-refractivity contribution in [3.8, 4) is 5.75 Å². The molecule has 0 unspecified atom stereocenters. The lowest BCUT2D eigenvalue weighted by atomic mass is 9.93. The molecule has 0 bridgehead atoms.